The average Bonchev–Trinajstić information content (AvgIpc) is 2.83. The van der Waals surface area contributed by atoms with Gasteiger partial charge < -0.3 is 10.0 Å². The van der Waals surface area contributed by atoms with Crippen LogP contribution in [0.15, 0.2) is 24.3 Å². The summed E-state index contributed by atoms with van der Waals surface area (Å²) < 4.78 is 0. The molecule has 2 rings (SSSR count). The minimum Gasteiger partial charge on any atom is -0.394 e. The first-order valence-electron chi connectivity index (χ1n) is 6.16. The Morgan fingerprint density at radius 2 is 2.05 bits per heavy atom. The number of nitrogens with zero attached hydrogens (tertiary/aromatic N) is 1. The number of hydrogen-bond donors (Lipinski definition) is 1. The molecule has 1 aromatic carbocycles. The van der Waals surface area contributed by atoms with Crippen LogP contribution in [0.25, 0.3) is 6.08 Å². The van der Waals surface area contributed by atoms with Crippen LogP contribution in [-0.2, 0) is 4.79 Å². The summed E-state index contributed by atoms with van der Waals surface area (Å²) in [6.07, 6.45) is 4.98. The lowest BCUT2D eigenvalue weighted by Crippen LogP contribution is -2.36. The van der Waals surface area contributed by atoms with Gasteiger partial charge in [-0.1, -0.05) is 23.2 Å². The largest absolute Gasteiger partial charge is 0.394 e. The Morgan fingerprint density at radius 3 is 2.68 bits per heavy atom. The monoisotopic (exact) mass is 299 g/mol. The van der Waals surface area contributed by atoms with E-state index in [-0.39, 0.29) is 18.6 Å². The molecule has 0 bridgehead atoms. The zero-order valence-electron chi connectivity index (χ0n) is 10.4. The quantitative estimate of drug-likeness (QED) is 0.872. The van der Waals surface area contributed by atoms with Gasteiger partial charge in [0.05, 0.1) is 12.6 Å². The summed E-state index contributed by atoms with van der Waals surface area (Å²) in [5.74, 6) is -0.0901. The smallest absolute Gasteiger partial charge is 0.246 e. The number of carbonyl (C=O) groups excluding carboxylic acids is 1. The second kappa shape index (κ2) is 6.42. The number of carbonyl (C=O) groups is 1. The standard InChI is InChI=1S/C14H15Cl2NO2/c15-11-6-10(7-12(16)8-11)3-4-14(19)17-5-1-2-13(17)9-18/h3-4,6-8,13,18H,1-2,5,9H2/t13-/m0/s1. The third-order valence-corrected chi connectivity index (χ3v) is 3.61. The van der Waals surface area contributed by atoms with Gasteiger partial charge in [-0.2, -0.15) is 0 Å². The van der Waals surface area contributed by atoms with Crippen molar-refractivity contribution in [2.24, 2.45) is 0 Å². The molecule has 1 aliphatic rings. The fourth-order valence-corrected chi connectivity index (χ4v) is 2.79. The van der Waals surface area contributed by atoms with Crippen molar-refractivity contribution in [3.63, 3.8) is 0 Å². The van der Waals surface area contributed by atoms with Crippen molar-refractivity contribution in [2.75, 3.05) is 13.2 Å². The first-order chi connectivity index (χ1) is 9.10. The molecular formula is C14H15Cl2NO2. The molecule has 1 aliphatic heterocycles. The van der Waals surface area contributed by atoms with Crippen LogP contribution in [0, 0.1) is 0 Å². The second-order valence-corrected chi connectivity index (χ2v) is 5.42. The maximum Gasteiger partial charge on any atom is 0.246 e. The van der Waals surface area contributed by atoms with Crippen molar-refractivity contribution in [3.8, 4) is 0 Å². The van der Waals surface area contributed by atoms with Gasteiger partial charge in [-0.15, -0.1) is 0 Å². The molecule has 0 saturated carbocycles. The number of aliphatic hydroxyl groups is 1. The number of amides is 1. The Kier molecular flexibility index (Phi) is 4.86. The van der Waals surface area contributed by atoms with E-state index < -0.39 is 0 Å². The summed E-state index contributed by atoms with van der Waals surface area (Å²) in [5, 5.41) is 10.3. The molecule has 0 aliphatic carbocycles. The zero-order chi connectivity index (χ0) is 13.8. The van der Waals surface area contributed by atoms with Gasteiger partial charge in [0.25, 0.3) is 0 Å². The highest BCUT2D eigenvalue weighted by Gasteiger charge is 2.26. The van der Waals surface area contributed by atoms with E-state index in [9.17, 15) is 9.90 Å². The molecule has 0 unspecified atom stereocenters. The van der Waals surface area contributed by atoms with Gasteiger partial charge >= 0.3 is 0 Å². The number of halogens is 2. The van der Waals surface area contributed by atoms with Crippen molar-refractivity contribution < 1.29 is 9.90 Å². The van der Waals surface area contributed by atoms with Crippen LogP contribution in [0.3, 0.4) is 0 Å². The van der Waals surface area contributed by atoms with E-state index in [0.717, 1.165) is 18.4 Å². The minimum absolute atomic E-state index is 0.0164. The SMILES string of the molecule is O=C(C=Cc1cc(Cl)cc(Cl)c1)N1CCC[C@H]1CO. The second-order valence-electron chi connectivity index (χ2n) is 4.55. The van der Waals surface area contributed by atoms with Crippen LogP contribution in [0.4, 0.5) is 0 Å². The summed E-state index contributed by atoms with van der Waals surface area (Å²) in [4.78, 5) is 13.7. The van der Waals surface area contributed by atoms with E-state index in [4.69, 9.17) is 23.2 Å². The molecule has 1 atom stereocenters. The van der Waals surface area contributed by atoms with E-state index in [1.165, 1.54) is 6.08 Å². The predicted molar refractivity (Wildman–Crippen MR) is 77.3 cm³/mol. The summed E-state index contributed by atoms with van der Waals surface area (Å²) in [5.41, 5.74) is 0.783. The Bertz CT molecular complexity index is 482. The lowest BCUT2D eigenvalue weighted by Gasteiger charge is -2.21. The van der Waals surface area contributed by atoms with E-state index in [2.05, 4.69) is 0 Å². The molecule has 0 radical (unpaired) electrons. The summed E-state index contributed by atoms with van der Waals surface area (Å²) in [7, 11) is 0. The van der Waals surface area contributed by atoms with Crippen LogP contribution in [0.2, 0.25) is 10.0 Å². The topological polar surface area (TPSA) is 40.5 Å². The highest BCUT2D eigenvalue weighted by molar-refractivity contribution is 6.34. The van der Waals surface area contributed by atoms with Crippen LogP contribution in [0.5, 0.6) is 0 Å². The van der Waals surface area contributed by atoms with Gasteiger partial charge in [-0.3, -0.25) is 4.79 Å². The average molecular weight is 300 g/mol. The third-order valence-electron chi connectivity index (χ3n) is 3.17. The Morgan fingerprint density at radius 1 is 1.37 bits per heavy atom. The zero-order valence-corrected chi connectivity index (χ0v) is 11.9. The fourth-order valence-electron chi connectivity index (χ4n) is 2.25. The summed E-state index contributed by atoms with van der Waals surface area (Å²) in [6.45, 7) is 0.716. The molecule has 1 heterocycles. The number of likely N-dealkylation sites (tertiary alicyclic amines) is 1. The summed E-state index contributed by atoms with van der Waals surface area (Å²) in [6, 6.07) is 5.07. The number of rotatable bonds is 3. The Hall–Kier alpha value is -1.03. The van der Waals surface area contributed by atoms with Crippen LogP contribution in [0.1, 0.15) is 18.4 Å². The van der Waals surface area contributed by atoms with Crippen molar-refractivity contribution in [1.82, 2.24) is 4.90 Å². The maximum absolute atomic E-state index is 12.0. The van der Waals surface area contributed by atoms with E-state index >= 15 is 0 Å². The highest BCUT2D eigenvalue weighted by Crippen LogP contribution is 2.21. The number of benzene rings is 1. The molecule has 1 saturated heterocycles. The molecule has 1 aromatic rings. The molecule has 1 fully saturated rings. The Balaban J connectivity index is 2.07. The Labute approximate surface area is 122 Å². The van der Waals surface area contributed by atoms with Gasteiger partial charge in [0.2, 0.25) is 5.91 Å². The molecular weight excluding hydrogens is 285 g/mol. The van der Waals surface area contributed by atoms with Crippen LogP contribution >= 0.6 is 23.2 Å². The normalized spacial score (nSPS) is 19.3. The van der Waals surface area contributed by atoms with Crippen molar-refractivity contribution in [1.29, 1.82) is 0 Å². The van der Waals surface area contributed by atoms with Gasteiger partial charge in [-0.25, -0.2) is 0 Å². The van der Waals surface area contributed by atoms with Crippen LogP contribution in [-0.4, -0.2) is 35.1 Å². The first-order valence-corrected chi connectivity index (χ1v) is 6.91. The predicted octanol–water partition coefficient (Wildman–Crippen LogP) is 2.99. The van der Waals surface area contributed by atoms with E-state index in [1.54, 1.807) is 29.2 Å². The molecule has 5 heteroatoms. The number of aliphatic hydroxyl groups excluding tert-OH is 1. The van der Waals surface area contributed by atoms with Crippen molar-refractivity contribution in [3.05, 3.63) is 39.9 Å². The number of hydrogen-bond acceptors (Lipinski definition) is 2. The van der Waals surface area contributed by atoms with Gasteiger partial charge in [0.1, 0.15) is 0 Å². The molecule has 19 heavy (non-hydrogen) atoms. The fraction of sp³-hybridized carbons (Fsp3) is 0.357. The van der Waals surface area contributed by atoms with E-state index in [1.807, 2.05) is 0 Å². The van der Waals surface area contributed by atoms with Crippen molar-refractivity contribution >= 4 is 35.2 Å². The first kappa shape index (κ1) is 14.4. The third kappa shape index (κ3) is 3.72. The van der Waals surface area contributed by atoms with Crippen LogP contribution < -0.4 is 0 Å². The minimum atomic E-state index is -0.0901. The maximum atomic E-state index is 12.0. The van der Waals surface area contributed by atoms with Gasteiger partial charge in [0.15, 0.2) is 0 Å². The lowest BCUT2D eigenvalue weighted by molar-refractivity contribution is -0.127. The molecule has 1 amide bonds. The van der Waals surface area contributed by atoms with E-state index in [0.29, 0.717) is 16.6 Å². The van der Waals surface area contributed by atoms with Gasteiger partial charge in [0, 0.05) is 22.7 Å². The molecule has 0 spiro atoms. The molecule has 3 nitrogen and oxygen atoms in total. The van der Waals surface area contributed by atoms with Crippen molar-refractivity contribution in [2.45, 2.75) is 18.9 Å². The highest BCUT2D eigenvalue weighted by atomic mass is 35.5. The molecule has 102 valence electrons. The van der Waals surface area contributed by atoms with Gasteiger partial charge in [-0.05, 0) is 42.7 Å². The molecule has 0 aromatic heterocycles. The molecule has 1 N–H and O–H groups in total. The lowest BCUT2D eigenvalue weighted by atomic mass is 10.2. The summed E-state index contributed by atoms with van der Waals surface area (Å²) >= 11 is 11.8.